The predicted molar refractivity (Wildman–Crippen MR) is 63.1 cm³/mol. The Morgan fingerprint density at radius 2 is 1.89 bits per heavy atom. The molecule has 0 radical (unpaired) electrons. The van der Waals surface area contributed by atoms with Gasteiger partial charge in [0.25, 0.3) is 5.69 Å². The van der Waals surface area contributed by atoms with Gasteiger partial charge in [-0.15, -0.1) is 0 Å². The highest BCUT2D eigenvalue weighted by Crippen LogP contribution is 2.16. The molecule has 19 heavy (non-hydrogen) atoms. The fourth-order valence-corrected chi connectivity index (χ4v) is 1.45. The Morgan fingerprint density at radius 3 is 2.42 bits per heavy atom. The van der Waals surface area contributed by atoms with Crippen LogP contribution in [0.2, 0.25) is 0 Å². The summed E-state index contributed by atoms with van der Waals surface area (Å²) < 4.78 is 0.774. The van der Waals surface area contributed by atoms with Crippen LogP contribution in [0.4, 0.5) is 11.4 Å². The standard InChI is InChI=1S/C10H6N4O5/c15-10-8(14(18)19)5-7(13(16)17)6-12(10)9-3-1-2-4-11-9/h1-6H. The zero-order valence-corrected chi connectivity index (χ0v) is 9.29. The Balaban J connectivity index is 2.77. The first-order valence-corrected chi connectivity index (χ1v) is 4.97. The van der Waals surface area contributed by atoms with Crippen LogP contribution in [-0.2, 0) is 0 Å². The van der Waals surface area contributed by atoms with Crippen molar-refractivity contribution in [2.24, 2.45) is 0 Å². The normalized spacial score (nSPS) is 10.1. The van der Waals surface area contributed by atoms with Crippen LogP contribution in [-0.4, -0.2) is 19.4 Å². The van der Waals surface area contributed by atoms with Crippen molar-refractivity contribution < 1.29 is 9.85 Å². The highest BCUT2D eigenvalue weighted by molar-refractivity contribution is 5.42. The summed E-state index contributed by atoms with van der Waals surface area (Å²) in [4.78, 5) is 35.3. The monoisotopic (exact) mass is 262 g/mol. The quantitative estimate of drug-likeness (QED) is 0.601. The van der Waals surface area contributed by atoms with E-state index in [2.05, 4.69) is 4.98 Å². The first-order chi connectivity index (χ1) is 9.00. The lowest BCUT2D eigenvalue weighted by Crippen LogP contribution is -2.21. The smallest absolute Gasteiger partial charge is 0.261 e. The van der Waals surface area contributed by atoms with Crippen LogP contribution in [0.25, 0.3) is 5.82 Å². The van der Waals surface area contributed by atoms with Gasteiger partial charge in [-0.2, -0.15) is 0 Å². The molecule has 9 heteroatoms. The molecular weight excluding hydrogens is 256 g/mol. The van der Waals surface area contributed by atoms with Crippen molar-refractivity contribution in [2.75, 3.05) is 0 Å². The van der Waals surface area contributed by atoms with E-state index < -0.39 is 26.8 Å². The molecule has 0 saturated heterocycles. The summed E-state index contributed by atoms with van der Waals surface area (Å²) >= 11 is 0. The Hall–Kier alpha value is -3.10. The molecular formula is C10H6N4O5. The van der Waals surface area contributed by atoms with Gasteiger partial charge in [0.1, 0.15) is 11.9 Å². The van der Waals surface area contributed by atoms with Crippen LogP contribution in [0.3, 0.4) is 0 Å². The first kappa shape index (κ1) is 12.4. The van der Waals surface area contributed by atoms with Gasteiger partial charge in [0.05, 0.1) is 16.0 Å². The van der Waals surface area contributed by atoms with Crippen LogP contribution < -0.4 is 5.56 Å². The Kier molecular flexibility index (Phi) is 3.02. The zero-order chi connectivity index (χ0) is 14.0. The topological polar surface area (TPSA) is 121 Å². The Labute approximate surface area is 105 Å². The van der Waals surface area contributed by atoms with Crippen LogP contribution in [0.15, 0.2) is 41.5 Å². The summed E-state index contributed by atoms with van der Waals surface area (Å²) in [6, 6.07) is 5.18. The van der Waals surface area contributed by atoms with Gasteiger partial charge < -0.3 is 0 Å². The second kappa shape index (κ2) is 4.64. The van der Waals surface area contributed by atoms with Crippen molar-refractivity contribution in [3.8, 4) is 5.82 Å². The SMILES string of the molecule is O=c1c([N+](=O)[O-])cc([N+](=O)[O-])cn1-c1ccccn1. The lowest BCUT2D eigenvalue weighted by Gasteiger charge is -2.03. The van der Waals surface area contributed by atoms with E-state index in [0.29, 0.717) is 6.07 Å². The molecule has 2 heterocycles. The van der Waals surface area contributed by atoms with Gasteiger partial charge in [-0.05, 0) is 12.1 Å². The number of aromatic nitrogens is 2. The van der Waals surface area contributed by atoms with E-state index in [9.17, 15) is 25.0 Å². The summed E-state index contributed by atoms with van der Waals surface area (Å²) in [5, 5.41) is 21.4. The number of pyridine rings is 2. The number of nitro groups is 2. The second-order valence-electron chi connectivity index (χ2n) is 3.46. The molecule has 0 amide bonds. The minimum absolute atomic E-state index is 0.0688. The summed E-state index contributed by atoms with van der Waals surface area (Å²) in [6.45, 7) is 0. The minimum Gasteiger partial charge on any atom is -0.261 e. The molecule has 0 atom stereocenters. The molecule has 0 fully saturated rings. The maximum atomic E-state index is 11.8. The largest absolute Gasteiger partial charge is 0.341 e. The fourth-order valence-electron chi connectivity index (χ4n) is 1.45. The second-order valence-corrected chi connectivity index (χ2v) is 3.46. The van der Waals surface area contributed by atoms with E-state index in [1.807, 2.05) is 0 Å². The van der Waals surface area contributed by atoms with E-state index >= 15 is 0 Å². The van der Waals surface area contributed by atoms with Crippen molar-refractivity contribution in [3.05, 3.63) is 67.2 Å². The van der Waals surface area contributed by atoms with Gasteiger partial charge in [0.2, 0.25) is 0 Å². The number of hydrogen-bond acceptors (Lipinski definition) is 6. The molecule has 0 spiro atoms. The van der Waals surface area contributed by atoms with E-state index in [1.54, 1.807) is 12.1 Å². The average molecular weight is 262 g/mol. The summed E-state index contributed by atoms with van der Waals surface area (Å²) in [5.74, 6) is 0.0688. The molecule has 0 aliphatic rings. The third-order valence-electron chi connectivity index (χ3n) is 2.29. The average Bonchev–Trinajstić information content (AvgIpc) is 2.39. The van der Waals surface area contributed by atoms with Crippen LogP contribution in [0.1, 0.15) is 0 Å². The zero-order valence-electron chi connectivity index (χ0n) is 9.29. The van der Waals surface area contributed by atoms with Gasteiger partial charge >= 0.3 is 11.2 Å². The van der Waals surface area contributed by atoms with Gasteiger partial charge in [0.15, 0.2) is 0 Å². The third kappa shape index (κ3) is 2.29. The van der Waals surface area contributed by atoms with Crippen LogP contribution in [0, 0.1) is 20.2 Å². The highest BCUT2D eigenvalue weighted by Gasteiger charge is 2.22. The van der Waals surface area contributed by atoms with E-state index in [0.717, 1.165) is 10.8 Å². The maximum absolute atomic E-state index is 11.8. The van der Waals surface area contributed by atoms with E-state index in [1.165, 1.54) is 12.3 Å². The molecule has 0 bridgehead atoms. The lowest BCUT2D eigenvalue weighted by molar-refractivity contribution is -0.395. The summed E-state index contributed by atoms with van der Waals surface area (Å²) in [7, 11) is 0. The van der Waals surface area contributed by atoms with Crippen molar-refractivity contribution in [3.63, 3.8) is 0 Å². The Bertz CT molecular complexity index is 710. The summed E-state index contributed by atoms with van der Waals surface area (Å²) in [6.07, 6.45) is 2.27. The number of nitrogens with zero attached hydrogens (tertiary/aromatic N) is 4. The molecule has 0 aliphatic heterocycles. The van der Waals surface area contributed by atoms with Crippen LogP contribution >= 0.6 is 0 Å². The third-order valence-corrected chi connectivity index (χ3v) is 2.29. The number of rotatable bonds is 3. The summed E-state index contributed by atoms with van der Waals surface area (Å²) in [5.41, 5.74) is -2.41. The van der Waals surface area contributed by atoms with E-state index in [4.69, 9.17) is 0 Å². The van der Waals surface area contributed by atoms with Crippen molar-refractivity contribution >= 4 is 11.4 Å². The molecule has 96 valence electrons. The van der Waals surface area contributed by atoms with Gasteiger partial charge in [0, 0.05) is 6.20 Å². The molecule has 0 saturated carbocycles. The van der Waals surface area contributed by atoms with Crippen molar-refractivity contribution in [1.82, 2.24) is 9.55 Å². The minimum atomic E-state index is -0.977. The molecule has 0 unspecified atom stereocenters. The molecule has 0 N–H and O–H groups in total. The van der Waals surface area contributed by atoms with Crippen LogP contribution in [0.5, 0.6) is 0 Å². The van der Waals surface area contributed by atoms with Crippen molar-refractivity contribution in [2.45, 2.75) is 0 Å². The molecule has 2 aromatic rings. The van der Waals surface area contributed by atoms with Gasteiger partial charge in [-0.3, -0.25) is 29.6 Å². The Morgan fingerprint density at radius 1 is 1.16 bits per heavy atom. The van der Waals surface area contributed by atoms with Gasteiger partial charge in [-0.1, -0.05) is 6.07 Å². The fraction of sp³-hybridized carbons (Fsp3) is 0. The molecule has 2 rings (SSSR count). The molecule has 2 aromatic heterocycles. The van der Waals surface area contributed by atoms with Crippen molar-refractivity contribution in [1.29, 1.82) is 0 Å². The highest BCUT2D eigenvalue weighted by atomic mass is 16.6. The predicted octanol–water partition coefficient (Wildman–Crippen LogP) is 1.05. The molecule has 0 aromatic carbocycles. The molecule has 0 aliphatic carbocycles. The maximum Gasteiger partial charge on any atom is 0.341 e. The lowest BCUT2D eigenvalue weighted by atomic mass is 10.3. The molecule has 9 nitrogen and oxygen atoms in total. The van der Waals surface area contributed by atoms with E-state index in [-0.39, 0.29) is 5.82 Å². The first-order valence-electron chi connectivity index (χ1n) is 4.97. The number of hydrogen-bond donors (Lipinski definition) is 0. The van der Waals surface area contributed by atoms with Gasteiger partial charge in [-0.25, -0.2) is 4.98 Å².